The standard InChI is InChI=1S/C23H21.C22H19.2CH3.Si.Zr/c1-15(2)18-11-12-21(23-14-16(3)13-22(18)23)20-10-6-8-17-7-4-5-9-19(17)20;1-15(2)18-13-17-9-6-12-21(22(17)14-18)20-11-5-8-16-7-3-4-10-19(16)20;;;;/h4-15H,1-3H3;3-15H,1-2H3;2*1H3;;/q4*-1;;. The fourth-order valence-corrected chi connectivity index (χ4v) is 6.95. The molecule has 0 saturated carbocycles. The van der Waals surface area contributed by atoms with Crippen LogP contribution in [0.3, 0.4) is 0 Å². The Morgan fingerprint density at radius 1 is 0.490 bits per heavy atom. The molecule has 0 aliphatic rings. The van der Waals surface area contributed by atoms with Crippen molar-refractivity contribution in [3.8, 4) is 22.3 Å². The zero-order valence-corrected chi connectivity index (χ0v) is 33.4. The Balaban J connectivity index is 0.000000203. The minimum absolute atomic E-state index is 0. The number of hydrogen-bond donors (Lipinski definition) is 0. The molecule has 246 valence electrons. The van der Waals surface area contributed by atoms with Crippen LogP contribution in [0.25, 0.3) is 65.3 Å². The van der Waals surface area contributed by atoms with Gasteiger partial charge in [0.05, 0.1) is 0 Å². The molecule has 0 aromatic heterocycles. The van der Waals surface area contributed by atoms with E-state index in [0.717, 1.165) is 0 Å². The van der Waals surface area contributed by atoms with Gasteiger partial charge in [0.25, 0.3) is 0 Å². The van der Waals surface area contributed by atoms with Crippen molar-refractivity contribution >= 4 is 50.0 Å². The second-order valence-corrected chi connectivity index (χ2v) is 13.0. The molecule has 0 aliphatic heterocycles. The van der Waals surface area contributed by atoms with Crippen LogP contribution in [0, 0.1) is 21.8 Å². The Kier molecular flexibility index (Phi) is 12.9. The number of benzene rings is 6. The monoisotopic (exact) mass is 728 g/mol. The van der Waals surface area contributed by atoms with E-state index in [0.29, 0.717) is 11.8 Å². The van der Waals surface area contributed by atoms with E-state index in [1.54, 1.807) is 0 Å². The van der Waals surface area contributed by atoms with E-state index in [-0.39, 0.29) is 14.9 Å². The molecule has 0 N–H and O–H groups in total. The summed E-state index contributed by atoms with van der Waals surface area (Å²) < 4.78 is 0. The molecule has 0 saturated heterocycles. The molecule has 2 radical (unpaired) electrons. The Morgan fingerprint density at radius 2 is 0.980 bits per heavy atom. The number of rotatable bonds is 4. The summed E-state index contributed by atoms with van der Waals surface area (Å²) in [6, 6.07) is 51.0. The van der Waals surface area contributed by atoms with Gasteiger partial charge in [0, 0.05) is 0 Å². The molecule has 0 bridgehead atoms. The van der Waals surface area contributed by atoms with Gasteiger partial charge < -0.3 is 14.9 Å². The zero-order valence-electron chi connectivity index (χ0n) is 29.9. The Bertz CT molecular complexity index is 2300. The van der Waals surface area contributed by atoms with Crippen LogP contribution >= 0.6 is 0 Å². The summed E-state index contributed by atoms with van der Waals surface area (Å²) in [5.74, 6) is 1.11. The molecule has 49 heavy (non-hydrogen) atoms. The quantitative estimate of drug-likeness (QED) is 0.125. The first-order valence-corrected chi connectivity index (χ1v) is 20.7. The first-order valence-electron chi connectivity index (χ1n) is 16.5. The Morgan fingerprint density at radius 3 is 1.53 bits per heavy atom. The van der Waals surface area contributed by atoms with Crippen LogP contribution in [-0.2, 0) is 23.3 Å². The van der Waals surface area contributed by atoms with E-state index in [1.807, 2.05) is 0 Å². The molecule has 8 rings (SSSR count). The molecule has 2 heteroatoms. The van der Waals surface area contributed by atoms with Crippen LogP contribution in [0.4, 0.5) is 0 Å². The molecule has 8 aromatic carbocycles. The van der Waals surface area contributed by atoms with Gasteiger partial charge in [0.15, 0.2) is 0 Å². The van der Waals surface area contributed by atoms with Crippen molar-refractivity contribution in [1.82, 2.24) is 0 Å². The zero-order chi connectivity index (χ0) is 33.1. The normalized spacial score (nSPS) is 10.7. The van der Waals surface area contributed by atoms with Crippen LogP contribution in [-0.4, -0.2) is 6.88 Å². The summed E-state index contributed by atoms with van der Waals surface area (Å²) in [5.41, 5.74) is 9.53. The Labute approximate surface area is 311 Å². The molecular formula is C47H46SiZr-4. The molecule has 0 fully saturated rings. The molecule has 0 aliphatic carbocycles. The van der Waals surface area contributed by atoms with Crippen LogP contribution in [0.15, 0.2) is 140 Å². The molecule has 0 atom stereocenters. The summed E-state index contributed by atoms with van der Waals surface area (Å²) in [6.45, 7) is 14.3. The molecule has 8 aromatic rings. The van der Waals surface area contributed by atoms with Crippen LogP contribution in [0.1, 0.15) is 56.2 Å². The molecule has 0 amide bonds. The first-order chi connectivity index (χ1) is 22.9. The van der Waals surface area contributed by atoms with E-state index in [9.17, 15) is 0 Å². The topological polar surface area (TPSA) is 0 Å². The third kappa shape index (κ3) is 7.67. The number of aryl methyl sites for hydroxylation is 1. The maximum absolute atomic E-state index is 3.06. The van der Waals surface area contributed by atoms with Gasteiger partial charge in [-0.1, -0.05) is 149 Å². The van der Waals surface area contributed by atoms with E-state index < -0.39 is 0 Å². The van der Waals surface area contributed by atoms with Gasteiger partial charge in [0.1, 0.15) is 0 Å². The van der Waals surface area contributed by atoms with Crippen LogP contribution in [0.5, 0.6) is 0 Å². The van der Waals surface area contributed by atoms with E-state index >= 15 is 0 Å². The van der Waals surface area contributed by atoms with Gasteiger partial charge in [-0.05, 0) is 38.6 Å². The molecule has 0 unspecified atom stereocenters. The number of fused-ring (bicyclic) bond motifs is 4. The molecule has 0 spiro atoms. The van der Waals surface area contributed by atoms with Crippen molar-refractivity contribution in [2.45, 2.75) is 46.5 Å². The SMILES string of the molecule is CC(C)c1cc2c(-c3cccc4ccccc34)cccc2[cH-]1.Cc1cc2c(-c3cccc4ccccc34)ccc(C(C)C)c2[cH-]1.[CH3-].[CH3-].[Si]=[Zr]. The van der Waals surface area contributed by atoms with Gasteiger partial charge in [-0.2, -0.15) is 12.1 Å². The molecule has 0 nitrogen and oxygen atoms in total. The van der Waals surface area contributed by atoms with Crippen molar-refractivity contribution < 1.29 is 23.3 Å². The van der Waals surface area contributed by atoms with Gasteiger partial charge in [-0.25, -0.2) is 0 Å². The summed E-state index contributed by atoms with van der Waals surface area (Å²) in [4.78, 5) is 0. The second-order valence-electron chi connectivity index (χ2n) is 13.0. The molecular weight excluding hydrogens is 684 g/mol. The van der Waals surface area contributed by atoms with Crippen molar-refractivity contribution in [3.05, 3.63) is 171 Å². The number of hydrogen-bond acceptors (Lipinski definition) is 0. The van der Waals surface area contributed by atoms with Crippen molar-refractivity contribution in [3.63, 3.8) is 0 Å². The van der Waals surface area contributed by atoms with Crippen LogP contribution in [0.2, 0.25) is 0 Å². The van der Waals surface area contributed by atoms with Gasteiger partial charge in [0.2, 0.25) is 0 Å². The fraction of sp³-hybridized carbons (Fsp3) is 0.149. The van der Waals surface area contributed by atoms with Crippen LogP contribution < -0.4 is 0 Å². The predicted molar refractivity (Wildman–Crippen MR) is 216 cm³/mol. The average Bonchev–Trinajstić information content (AvgIpc) is 3.72. The third-order valence-corrected chi connectivity index (χ3v) is 9.29. The summed E-state index contributed by atoms with van der Waals surface area (Å²) in [5, 5.41) is 10.7. The van der Waals surface area contributed by atoms with Crippen molar-refractivity contribution in [2.75, 3.05) is 0 Å². The van der Waals surface area contributed by atoms with Gasteiger partial charge in [-0.15, -0.1) is 68.6 Å². The third-order valence-electron chi connectivity index (χ3n) is 9.29. The summed E-state index contributed by atoms with van der Waals surface area (Å²) in [7, 11) is 0. The average molecular weight is 730 g/mol. The predicted octanol–water partition coefficient (Wildman–Crippen LogP) is 13.8. The summed E-state index contributed by atoms with van der Waals surface area (Å²) in [6.07, 6.45) is 0. The van der Waals surface area contributed by atoms with E-state index in [1.165, 1.54) is 105 Å². The first kappa shape index (κ1) is 38.0. The minimum atomic E-state index is 0. The van der Waals surface area contributed by atoms with Crippen molar-refractivity contribution in [2.24, 2.45) is 0 Å². The molecule has 0 heterocycles. The van der Waals surface area contributed by atoms with Gasteiger partial charge >= 0.3 is 30.2 Å². The Hall–Kier alpha value is -3.84. The van der Waals surface area contributed by atoms with Gasteiger partial charge in [-0.3, -0.25) is 0 Å². The van der Waals surface area contributed by atoms with E-state index in [4.69, 9.17) is 0 Å². The summed E-state index contributed by atoms with van der Waals surface area (Å²) >= 11 is 1.36. The fourth-order valence-electron chi connectivity index (χ4n) is 6.95. The second kappa shape index (κ2) is 16.7. The van der Waals surface area contributed by atoms with E-state index in [2.05, 4.69) is 181 Å². The maximum atomic E-state index is 3.06. The van der Waals surface area contributed by atoms with Crippen molar-refractivity contribution in [1.29, 1.82) is 0 Å².